The zero-order valence-corrected chi connectivity index (χ0v) is 8.31. The summed E-state index contributed by atoms with van der Waals surface area (Å²) in [6.45, 7) is 0. The van der Waals surface area contributed by atoms with Crippen LogP contribution in [0.4, 0.5) is 4.39 Å². The molecule has 14 heavy (non-hydrogen) atoms. The van der Waals surface area contributed by atoms with E-state index in [9.17, 15) is 9.18 Å². The molecule has 4 heteroatoms. The molecule has 0 aliphatic rings. The second-order valence-electron chi connectivity index (χ2n) is 2.62. The molecule has 0 saturated carbocycles. The number of likely N-dealkylation sites (N-methyl/N-ethyl adjacent to an activating group) is 1. The molecule has 0 aliphatic carbocycles. The van der Waals surface area contributed by atoms with E-state index in [1.807, 2.05) is 0 Å². The van der Waals surface area contributed by atoms with Gasteiger partial charge in [0, 0.05) is 13.1 Å². The number of halogens is 2. The van der Waals surface area contributed by atoms with Gasteiger partial charge in [-0.3, -0.25) is 4.79 Å². The lowest BCUT2D eigenvalue weighted by atomic mass is 10.2. The van der Waals surface area contributed by atoms with Gasteiger partial charge in [0.05, 0.1) is 5.02 Å². The summed E-state index contributed by atoms with van der Waals surface area (Å²) in [6.07, 6.45) is 2.91. The summed E-state index contributed by atoms with van der Waals surface area (Å²) in [4.78, 5) is 10.8. The number of carbonyl (C=O) groups is 1. The second-order valence-corrected chi connectivity index (χ2v) is 3.03. The van der Waals surface area contributed by atoms with Crippen molar-refractivity contribution >= 4 is 23.6 Å². The predicted octanol–water partition coefficient (Wildman–Crippen LogP) is 2.24. The number of benzene rings is 1. The first-order chi connectivity index (χ1) is 6.63. The first-order valence-electron chi connectivity index (χ1n) is 3.98. The average Bonchev–Trinajstić information content (AvgIpc) is 2.19. The molecular formula is C10H9ClFNO. The maximum Gasteiger partial charge on any atom is 0.243 e. The summed E-state index contributed by atoms with van der Waals surface area (Å²) in [7, 11) is 1.53. The smallest absolute Gasteiger partial charge is 0.243 e. The first kappa shape index (κ1) is 10.7. The van der Waals surface area contributed by atoms with Gasteiger partial charge in [-0.2, -0.15) is 0 Å². The lowest BCUT2D eigenvalue weighted by Gasteiger charge is -1.96. The standard InChI is InChI=1S/C10H9ClFNO/c1-13-10(14)5-3-7-2-4-9(12)8(11)6-7/h2-6H,1H3,(H,13,14). The molecule has 0 bridgehead atoms. The van der Waals surface area contributed by atoms with Gasteiger partial charge in [-0.05, 0) is 23.8 Å². The number of nitrogens with one attached hydrogen (secondary N) is 1. The highest BCUT2D eigenvalue weighted by molar-refractivity contribution is 6.30. The Morgan fingerprint density at radius 2 is 2.29 bits per heavy atom. The van der Waals surface area contributed by atoms with Gasteiger partial charge < -0.3 is 5.32 Å². The molecule has 0 atom stereocenters. The molecule has 0 saturated heterocycles. The van der Waals surface area contributed by atoms with Crippen LogP contribution in [0.5, 0.6) is 0 Å². The van der Waals surface area contributed by atoms with E-state index in [2.05, 4.69) is 5.32 Å². The molecule has 1 amide bonds. The van der Waals surface area contributed by atoms with Crippen LogP contribution in [-0.2, 0) is 4.79 Å². The van der Waals surface area contributed by atoms with Gasteiger partial charge in [-0.1, -0.05) is 17.7 Å². The third kappa shape index (κ3) is 2.85. The van der Waals surface area contributed by atoms with E-state index in [1.54, 1.807) is 12.1 Å². The Balaban J connectivity index is 2.83. The monoisotopic (exact) mass is 213 g/mol. The van der Waals surface area contributed by atoms with E-state index in [-0.39, 0.29) is 10.9 Å². The van der Waals surface area contributed by atoms with Crippen LogP contribution in [0.3, 0.4) is 0 Å². The average molecular weight is 214 g/mol. The van der Waals surface area contributed by atoms with E-state index in [1.165, 1.54) is 25.3 Å². The normalized spacial score (nSPS) is 10.5. The fourth-order valence-corrected chi connectivity index (χ4v) is 1.06. The van der Waals surface area contributed by atoms with Crippen molar-refractivity contribution in [1.29, 1.82) is 0 Å². The van der Waals surface area contributed by atoms with Crippen LogP contribution in [0, 0.1) is 5.82 Å². The Labute approximate surface area is 86.4 Å². The summed E-state index contributed by atoms with van der Waals surface area (Å²) in [5.74, 6) is -0.686. The highest BCUT2D eigenvalue weighted by atomic mass is 35.5. The van der Waals surface area contributed by atoms with Crippen LogP contribution in [0.2, 0.25) is 5.02 Å². The predicted molar refractivity (Wildman–Crippen MR) is 54.5 cm³/mol. The molecule has 0 spiro atoms. The minimum Gasteiger partial charge on any atom is -0.356 e. The molecule has 1 rings (SSSR count). The van der Waals surface area contributed by atoms with Crippen molar-refractivity contribution in [3.05, 3.63) is 40.7 Å². The van der Waals surface area contributed by atoms with Gasteiger partial charge in [0.15, 0.2) is 0 Å². The molecule has 0 fully saturated rings. The largest absolute Gasteiger partial charge is 0.356 e. The molecule has 0 radical (unpaired) electrons. The van der Waals surface area contributed by atoms with Crippen molar-refractivity contribution in [2.24, 2.45) is 0 Å². The Kier molecular flexibility index (Phi) is 3.65. The molecular weight excluding hydrogens is 205 g/mol. The van der Waals surface area contributed by atoms with Crippen LogP contribution < -0.4 is 5.32 Å². The van der Waals surface area contributed by atoms with E-state index < -0.39 is 5.82 Å². The van der Waals surface area contributed by atoms with Crippen molar-refractivity contribution < 1.29 is 9.18 Å². The second kappa shape index (κ2) is 4.77. The minimum atomic E-state index is -0.469. The summed E-state index contributed by atoms with van der Waals surface area (Å²) in [5.41, 5.74) is 0.681. The van der Waals surface area contributed by atoms with Gasteiger partial charge in [0.2, 0.25) is 5.91 Å². The Bertz CT molecular complexity index is 376. The Morgan fingerprint density at radius 3 is 2.86 bits per heavy atom. The summed E-state index contributed by atoms with van der Waals surface area (Å²) in [6, 6.07) is 4.25. The van der Waals surface area contributed by atoms with E-state index >= 15 is 0 Å². The molecule has 1 aromatic carbocycles. The third-order valence-corrected chi connectivity index (χ3v) is 1.91. The van der Waals surface area contributed by atoms with E-state index in [0.717, 1.165) is 0 Å². The van der Waals surface area contributed by atoms with E-state index in [4.69, 9.17) is 11.6 Å². The summed E-state index contributed by atoms with van der Waals surface area (Å²) in [5, 5.41) is 2.47. The molecule has 0 unspecified atom stereocenters. The lowest BCUT2D eigenvalue weighted by Crippen LogP contribution is -2.13. The zero-order valence-electron chi connectivity index (χ0n) is 7.55. The molecule has 2 nitrogen and oxygen atoms in total. The van der Waals surface area contributed by atoms with Gasteiger partial charge in [0.1, 0.15) is 5.82 Å². The number of hydrogen-bond acceptors (Lipinski definition) is 1. The van der Waals surface area contributed by atoms with Crippen molar-refractivity contribution in [1.82, 2.24) is 5.32 Å². The number of hydrogen-bond donors (Lipinski definition) is 1. The maximum absolute atomic E-state index is 12.7. The fourth-order valence-electron chi connectivity index (χ4n) is 0.871. The molecule has 0 aliphatic heterocycles. The number of amides is 1. The molecule has 0 aromatic heterocycles. The van der Waals surface area contributed by atoms with Gasteiger partial charge >= 0.3 is 0 Å². The minimum absolute atomic E-state index is 0.0454. The van der Waals surface area contributed by atoms with Crippen molar-refractivity contribution in [3.63, 3.8) is 0 Å². The zero-order chi connectivity index (χ0) is 10.6. The van der Waals surface area contributed by atoms with Crippen molar-refractivity contribution in [2.75, 3.05) is 7.05 Å². The van der Waals surface area contributed by atoms with Gasteiger partial charge in [0.25, 0.3) is 0 Å². The van der Waals surface area contributed by atoms with Crippen LogP contribution in [0.25, 0.3) is 6.08 Å². The number of carbonyl (C=O) groups excluding carboxylic acids is 1. The van der Waals surface area contributed by atoms with E-state index in [0.29, 0.717) is 5.56 Å². The molecule has 74 valence electrons. The Morgan fingerprint density at radius 1 is 1.57 bits per heavy atom. The third-order valence-electron chi connectivity index (χ3n) is 1.62. The highest BCUT2D eigenvalue weighted by Gasteiger charge is 1.98. The van der Waals surface area contributed by atoms with Crippen LogP contribution in [0.1, 0.15) is 5.56 Å². The quantitative estimate of drug-likeness (QED) is 0.750. The summed E-state index contributed by atoms with van der Waals surface area (Å²) < 4.78 is 12.7. The fraction of sp³-hybridized carbons (Fsp3) is 0.100. The van der Waals surface area contributed by atoms with Crippen LogP contribution in [-0.4, -0.2) is 13.0 Å². The van der Waals surface area contributed by atoms with Crippen molar-refractivity contribution in [3.8, 4) is 0 Å². The first-order valence-corrected chi connectivity index (χ1v) is 4.36. The maximum atomic E-state index is 12.7. The van der Waals surface area contributed by atoms with Gasteiger partial charge in [-0.15, -0.1) is 0 Å². The Hall–Kier alpha value is -1.35. The van der Waals surface area contributed by atoms with Crippen LogP contribution in [0.15, 0.2) is 24.3 Å². The SMILES string of the molecule is CNC(=O)C=Cc1ccc(F)c(Cl)c1. The van der Waals surface area contributed by atoms with Gasteiger partial charge in [-0.25, -0.2) is 4.39 Å². The van der Waals surface area contributed by atoms with Crippen molar-refractivity contribution in [2.45, 2.75) is 0 Å². The highest BCUT2D eigenvalue weighted by Crippen LogP contribution is 2.16. The molecule has 1 N–H and O–H groups in total. The molecule has 1 aromatic rings. The summed E-state index contributed by atoms with van der Waals surface area (Å²) >= 11 is 5.55. The van der Waals surface area contributed by atoms with Crippen LogP contribution >= 0.6 is 11.6 Å². The molecule has 0 heterocycles. The topological polar surface area (TPSA) is 29.1 Å². The number of rotatable bonds is 2. The lowest BCUT2D eigenvalue weighted by molar-refractivity contribution is -0.115.